The van der Waals surface area contributed by atoms with Crippen LogP contribution in [0, 0.1) is 6.92 Å². The first-order valence-electron chi connectivity index (χ1n) is 5.14. The third-order valence-corrected chi connectivity index (χ3v) is 2.71. The largest absolute Gasteiger partial charge is 0.439 e. The summed E-state index contributed by atoms with van der Waals surface area (Å²) >= 11 is 3.41. The lowest BCUT2D eigenvalue weighted by atomic mass is 10.2. The normalized spacial score (nSPS) is 10.1. The van der Waals surface area contributed by atoms with Crippen molar-refractivity contribution < 1.29 is 4.74 Å². The Hall–Kier alpha value is -1.62. The van der Waals surface area contributed by atoms with E-state index in [1.807, 2.05) is 25.1 Å². The Morgan fingerprint density at radius 2 is 2.12 bits per heavy atom. The van der Waals surface area contributed by atoms with Gasteiger partial charge in [-0.15, -0.1) is 0 Å². The van der Waals surface area contributed by atoms with Gasteiger partial charge in [0.05, 0.1) is 0 Å². The molecule has 0 aliphatic heterocycles. The van der Waals surface area contributed by atoms with Crippen molar-refractivity contribution in [3.63, 3.8) is 0 Å². The molecule has 4 nitrogen and oxygen atoms in total. The fourth-order valence-corrected chi connectivity index (χ4v) is 1.66. The van der Waals surface area contributed by atoms with Crippen molar-refractivity contribution in [1.82, 2.24) is 9.97 Å². The van der Waals surface area contributed by atoms with Crippen molar-refractivity contribution in [2.45, 2.75) is 6.92 Å². The second-order valence-electron chi connectivity index (χ2n) is 3.48. The molecule has 1 heterocycles. The van der Waals surface area contributed by atoms with Gasteiger partial charge >= 0.3 is 0 Å². The molecular weight excluding hydrogens is 282 g/mol. The molecular formula is C12H12BrN3O. The van der Waals surface area contributed by atoms with Crippen molar-refractivity contribution >= 4 is 21.9 Å². The van der Waals surface area contributed by atoms with Crippen LogP contribution in [0.25, 0.3) is 0 Å². The standard InChI is InChI=1S/C12H12BrN3O/c1-8-3-4-9(13)7-10(8)17-11-5-6-15-12(14-2)16-11/h3-7H,1-2H3,(H,14,15,16). The summed E-state index contributed by atoms with van der Waals surface area (Å²) in [4.78, 5) is 8.23. The molecule has 0 saturated carbocycles. The van der Waals surface area contributed by atoms with Crippen LogP contribution in [0.5, 0.6) is 11.6 Å². The van der Waals surface area contributed by atoms with E-state index in [0.717, 1.165) is 15.8 Å². The maximum Gasteiger partial charge on any atom is 0.225 e. The fraction of sp³-hybridized carbons (Fsp3) is 0.167. The SMILES string of the molecule is CNc1nccc(Oc2cc(Br)ccc2C)n1. The lowest BCUT2D eigenvalue weighted by Gasteiger charge is -2.08. The second-order valence-corrected chi connectivity index (χ2v) is 4.40. The Labute approximate surface area is 108 Å². The predicted molar refractivity (Wildman–Crippen MR) is 70.5 cm³/mol. The lowest BCUT2D eigenvalue weighted by molar-refractivity contribution is 0.458. The number of halogens is 1. The molecule has 1 aromatic carbocycles. The number of aromatic nitrogens is 2. The van der Waals surface area contributed by atoms with Crippen LogP contribution in [0.1, 0.15) is 5.56 Å². The number of aryl methyl sites for hydroxylation is 1. The molecule has 0 amide bonds. The molecule has 0 unspecified atom stereocenters. The van der Waals surface area contributed by atoms with Gasteiger partial charge in [0, 0.05) is 23.8 Å². The van der Waals surface area contributed by atoms with E-state index in [2.05, 4.69) is 31.2 Å². The molecule has 0 spiro atoms. The Bertz CT molecular complexity index is 531. The summed E-state index contributed by atoms with van der Waals surface area (Å²) in [6.45, 7) is 1.99. The van der Waals surface area contributed by atoms with Gasteiger partial charge in [0.2, 0.25) is 11.8 Å². The van der Waals surface area contributed by atoms with Gasteiger partial charge < -0.3 is 10.1 Å². The molecule has 0 aliphatic carbocycles. The number of nitrogens with one attached hydrogen (secondary N) is 1. The summed E-state index contributed by atoms with van der Waals surface area (Å²) < 4.78 is 6.68. The maximum atomic E-state index is 5.71. The van der Waals surface area contributed by atoms with E-state index in [0.29, 0.717) is 11.8 Å². The van der Waals surface area contributed by atoms with Crippen molar-refractivity contribution in [3.05, 3.63) is 40.5 Å². The summed E-state index contributed by atoms with van der Waals surface area (Å²) in [6, 6.07) is 7.60. The molecule has 0 atom stereocenters. The van der Waals surface area contributed by atoms with Gasteiger partial charge in [-0.05, 0) is 24.6 Å². The average molecular weight is 294 g/mol. The highest BCUT2D eigenvalue weighted by atomic mass is 79.9. The topological polar surface area (TPSA) is 47.0 Å². The van der Waals surface area contributed by atoms with Crippen molar-refractivity contribution in [2.24, 2.45) is 0 Å². The Kier molecular flexibility index (Phi) is 3.58. The summed E-state index contributed by atoms with van der Waals surface area (Å²) in [5, 5.41) is 2.87. The minimum atomic E-state index is 0.519. The highest BCUT2D eigenvalue weighted by Crippen LogP contribution is 2.27. The first kappa shape index (κ1) is 11.9. The lowest BCUT2D eigenvalue weighted by Crippen LogP contribution is -1.97. The van der Waals surface area contributed by atoms with Gasteiger partial charge in [-0.2, -0.15) is 4.98 Å². The van der Waals surface area contributed by atoms with Crippen LogP contribution >= 0.6 is 15.9 Å². The molecule has 0 saturated heterocycles. The van der Waals surface area contributed by atoms with Gasteiger partial charge in [0.15, 0.2) is 0 Å². The molecule has 88 valence electrons. The van der Waals surface area contributed by atoms with E-state index in [-0.39, 0.29) is 0 Å². The van der Waals surface area contributed by atoms with Gasteiger partial charge in [-0.25, -0.2) is 4.98 Å². The Morgan fingerprint density at radius 3 is 2.88 bits per heavy atom. The summed E-state index contributed by atoms with van der Waals surface area (Å²) in [7, 11) is 1.77. The molecule has 1 aromatic heterocycles. The van der Waals surface area contributed by atoms with Crippen LogP contribution in [0.15, 0.2) is 34.9 Å². The highest BCUT2D eigenvalue weighted by Gasteiger charge is 2.04. The van der Waals surface area contributed by atoms with Crippen LogP contribution < -0.4 is 10.1 Å². The van der Waals surface area contributed by atoms with Crippen LogP contribution in [0.2, 0.25) is 0 Å². The minimum Gasteiger partial charge on any atom is -0.439 e. The third-order valence-electron chi connectivity index (χ3n) is 2.22. The molecule has 2 rings (SSSR count). The van der Waals surface area contributed by atoms with Crippen LogP contribution in [-0.2, 0) is 0 Å². The van der Waals surface area contributed by atoms with Gasteiger partial charge in [0.25, 0.3) is 0 Å². The molecule has 2 aromatic rings. The molecule has 0 bridgehead atoms. The van der Waals surface area contributed by atoms with Gasteiger partial charge in [0.1, 0.15) is 5.75 Å². The van der Waals surface area contributed by atoms with Gasteiger partial charge in [-0.3, -0.25) is 0 Å². The quantitative estimate of drug-likeness (QED) is 0.942. The van der Waals surface area contributed by atoms with Crippen molar-refractivity contribution in [2.75, 3.05) is 12.4 Å². The molecule has 0 radical (unpaired) electrons. The smallest absolute Gasteiger partial charge is 0.225 e. The predicted octanol–water partition coefficient (Wildman–Crippen LogP) is 3.38. The van der Waals surface area contributed by atoms with E-state index in [1.54, 1.807) is 19.3 Å². The summed E-state index contributed by atoms with van der Waals surface area (Å²) in [5.41, 5.74) is 1.05. The van der Waals surface area contributed by atoms with Crippen LogP contribution in [0.4, 0.5) is 5.95 Å². The molecule has 0 aliphatic rings. The third kappa shape index (κ3) is 2.94. The first-order valence-corrected chi connectivity index (χ1v) is 5.93. The second kappa shape index (κ2) is 5.14. The van der Waals surface area contributed by atoms with Crippen molar-refractivity contribution in [1.29, 1.82) is 0 Å². The van der Waals surface area contributed by atoms with E-state index >= 15 is 0 Å². The summed E-state index contributed by atoms with van der Waals surface area (Å²) in [5.74, 6) is 1.83. The zero-order valence-electron chi connectivity index (χ0n) is 9.57. The number of anilines is 1. The van der Waals surface area contributed by atoms with E-state index in [4.69, 9.17) is 4.74 Å². The molecule has 5 heteroatoms. The first-order chi connectivity index (χ1) is 8.19. The number of rotatable bonds is 3. The Balaban J connectivity index is 2.27. The Morgan fingerprint density at radius 1 is 1.29 bits per heavy atom. The van der Waals surface area contributed by atoms with E-state index in [9.17, 15) is 0 Å². The minimum absolute atomic E-state index is 0.519. The van der Waals surface area contributed by atoms with Crippen LogP contribution in [-0.4, -0.2) is 17.0 Å². The number of nitrogens with zero attached hydrogens (tertiary/aromatic N) is 2. The highest BCUT2D eigenvalue weighted by molar-refractivity contribution is 9.10. The number of hydrogen-bond acceptors (Lipinski definition) is 4. The number of hydrogen-bond donors (Lipinski definition) is 1. The summed E-state index contributed by atoms with van der Waals surface area (Å²) in [6.07, 6.45) is 1.65. The fourth-order valence-electron chi connectivity index (χ4n) is 1.32. The van der Waals surface area contributed by atoms with E-state index in [1.165, 1.54) is 0 Å². The van der Waals surface area contributed by atoms with Crippen molar-refractivity contribution in [3.8, 4) is 11.6 Å². The maximum absolute atomic E-state index is 5.71. The number of benzene rings is 1. The molecule has 1 N–H and O–H groups in total. The van der Waals surface area contributed by atoms with Gasteiger partial charge in [-0.1, -0.05) is 22.0 Å². The monoisotopic (exact) mass is 293 g/mol. The zero-order valence-corrected chi connectivity index (χ0v) is 11.2. The van der Waals surface area contributed by atoms with Crippen LogP contribution in [0.3, 0.4) is 0 Å². The molecule has 17 heavy (non-hydrogen) atoms. The average Bonchev–Trinajstić information content (AvgIpc) is 2.34. The van der Waals surface area contributed by atoms with E-state index < -0.39 is 0 Å². The molecule has 0 fully saturated rings. The number of ether oxygens (including phenoxy) is 1. The zero-order chi connectivity index (χ0) is 12.3.